The van der Waals surface area contributed by atoms with Crippen molar-refractivity contribution in [2.24, 2.45) is 5.73 Å². The summed E-state index contributed by atoms with van der Waals surface area (Å²) in [5.41, 5.74) is 7.21. The molecule has 0 radical (unpaired) electrons. The van der Waals surface area contributed by atoms with Crippen molar-refractivity contribution in [3.8, 4) is 11.5 Å². The van der Waals surface area contributed by atoms with Crippen LogP contribution in [0.15, 0.2) is 24.3 Å². The third-order valence-corrected chi connectivity index (χ3v) is 4.68. The molecule has 0 saturated carbocycles. The SMILES string of the molecule is Cc1ccc(C(N)c2cc3c(cc2Cl)OCCCO3)s1. The van der Waals surface area contributed by atoms with Gasteiger partial charge >= 0.3 is 0 Å². The lowest BCUT2D eigenvalue weighted by Crippen LogP contribution is -2.11. The first kappa shape index (κ1) is 13.7. The maximum absolute atomic E-state index is 6.36. The Kier molecular flexibility index (Phi) is 3.87. The molecule has 2 aromatic rings. The van der Waals surface area contributed by atoms with Crippen molar-refractivity contribution < 1.29 is 9.47 Å². The number of hydrogen-bond donors (Lipinski definition) is 1. The average molecular weight is 310 g/mol. The minimum Gasteiger partial charge on any atom is -0.490 e. The molecule has 2 N–H and O–H groups in total. The van der Waals surface area contributed by atoms with Crippen molar-refractivity contribution in [3.63, 3.8) is 0 Å². The zero-order chi connectivity index (χ0) is 14.1. The van der Waals surface area contributed by atoms with Gasteiger partial charge in [0, 0.05) is 27.3 Å². The molecule has 0 saturated heterocycles. The summed E-state index contributed by atoms with van der Waals surface area (Å²) in [4.78, 5) is 2.33. The second kappa shape index (κ2) is 5.64. The lowest BCUT2D eigenvalue weighted by atomic mass is 10.1. The van der Waals surface area contributed by atoms with Gasteiger partial charge in [-0.05, 0) is 30.7 Å². The van der Waals surface area contributed by atoms with Crippen molar-refractivity contribution in [1.29, 1.82) is 0 Å². The Morgan fingerprint density at radius 1 is 1.20 bits per heavy atom. The number of thiophene rings is 1. The number of hydrogen-bond acceptors (Lipinski definition) is 4. The van der Waals surface area contributed by atoms with Gasteiger partial charge in [-0.3, -0.25) is 0 Å². The molecule has 106 valence electrons. The van der Waals surface area contributed by atoms with Gasteiger partial charge in [-0.1, -0.05) is 11.6 Å². The van der Waals surface area contributed by atoms with E-state index in [2.05, 4.69) is 13.0 Å². The monoisotopic (exact) mass is 309 g/mol. The standard InChI is InChI=1S/C15H16ClNO2S/c1-9-3-4-14(20-9)15(17)10-7-12-13(8-11(10)16)19-6-2-5-18-12/h3-4,7-8,15H,2,5-6,17H2,1H3. The van der Waals surface area contributed by atoms with Crippen molar-refractivity contribution in [3.05, 3.63) is 44.6 Å². The fourth-order valence-corrected chi connectivity index (χ4v) is 3.38. The lowest BCUT2D eigenvalue weighted by Gasteiger charge is -2.15. The van der Waals surface area contributed by atoms with Crippen molar-refractivity contribution in [2.45, 2.75) is 19.4 Å². The number of rotatable bonds is 2. The number of nitrogens with two attached hydrogens (primary N) is 1. The number of benzene rings is 1. The third-order valence-electron chi connectivity index (χ3n) is 3.27. The first-order valence-corrected chi connectivity index (χ1v) is 7.75. The van der Waals surface area contributed by atoms with Crippen LogP contribution in [0.5, 0.6) is 11.5 Å². The van der Waals surface area contributed by atoms with E-state index in [1.54, 1.807) is 17.4 Å². The van der Waals surface area contributed by atoms with Crippen LogP contribution < -0.4 is 15.2 Å². The highest BCUT2D eigenvalue weighted by molar-refractivity contribution is 7.12. The molecule has 20 heavy (non-hydrogen) atoms. The number of aryl methyl sites for hydroxylation is 1. The molecule has 0 bridgehead atoms. The van der Waals surface area contributed by atoms with Gasteiger partial charge in [0.15, 0.2) is 11.5 Å². The molecule has 1 atom stereocenters. The fraction of sp³-hybridized carbons (Fsp3) is 0.333. The van der Waals surface area contributed by atoms with Crippen molar-refractivity contribution in [2.75, 3.05) is 13.2 Å². The number of halogens is 1. The molecule has 1 aliphatic rings. The van der Waals surface area contributed by atoms with Gasteiger partial charge in [0.25, 0.3) is 0 Å². The predicted molar refractivity (Wildman–Crippen MR) is 82.1 cm³/mol. The second-order valence-electron chi connectivity index (χ2n) is 4.80. The van der Waals surface area contributed by atoms with E-state index >= 15 is 0 Å². The van der Waals surface area contributed by atoms with Crippen LogP contribution in [0.3, 0.4) is 0 Å². The molecule has 0 amide bonds. The van der Waals surface area contributed by atoms with Crippen LogP contribution in [-0.2, 0) is 0 Å². The fourth-order valence-electron chi connectivity index (χ4n) is 2.21. The summed E-state index contributed by atoms with van der Waals surface area (Å²) in [6, 6.07) is 7.58. The highest BCUT2D eigenvalue weighted by Gasteiger charge is 2.19. The Morgan fingerprint density at radius 3 is 2.55 bits per heavy atom. The smallest absolute Gasteiger partial charge is 0.162 e. The highest BCUT2D eigenvalue weighted by atomic mass is 35.5. The van der Waals surface area contributed by atoms with Crippen LogP contribution in [0, 0.1) is 6.92 Å². The summed E-state index contributed by atoms with van der Waals surface area (Å²) in [6.45, 7) is 3.37. The van der Waals surface area contributed by atoms with Crippen LogP contribution in [0.25, 0.3) is 0 Å². The van der Waals surface area contributed by atoms with Crippen LogP contribution in [-0.4, -0.2) is 13.2 Å². The van der Waals surface area contributed by atoms with Gasteiger partial charge in [0.2, 0.25) is 0 Å². The van der Waals surface area contributed by atoms with Crippen LogP contribution in [0.4, 0.5) is 0 Å². The maximum atomic E-state index is 6.36. The molecule has 3 rings (SSSR count). The van der Waals surface area contributed by atoms with Gasteiger partial charge < -0.3 is 15.2 Å². The van der Waals surface area contributed by atoms with Crippen LogP contribution in [0.2, 0.25) is 5.02 Å². The van der Waals surface area contributed by atoms with Gasteiger partial charge in [-0.2, -0.15) is 0 Å². The van der Waals surface area contributed by atoms with Gasteiger partial charge in [-0.25, -0.2) is 0 Å². The Balaban J connectivity index is 1.99. The van der Waals surface area contributed by atoms with Gasteiger partial charge in [-0.15, -0.1) is 11.3 Å². The zero-order valence-corrected chi connectivity index (χ0v) is 12.8. The van der Waals surface area contributed by atoms with E-state index in [4.69, 9.17) is 26.8 Å². The molecule has 2 heterocycles. The maximum Gasteiger partial charge on any atom is 0.162 e. The lowest BCUT2D eigenvalue weighted by molar-refractivity contribution is 0.297. The molecule has 1 unspecified atom stereocenters. The van der Waals surface area contributed by atoms with Gasteiger partial charge in [0.1, 0.15) is 0 Å². The van der Waals surface area contributed by atoms with E-state index in [0.717, 1.165) is 22.6 Å². The normalized spacial score (nSPS) is 15.8. The van der Waals surface area contributed by atoms with E-state index in [1.165, 1.54) is 4.88 Å². The summed E-state index contributed by atoms with van der Waals surface area (Å²) in [5.74, 6) is 1.43. The van der Waals surface area contributed by atoms with E-state index in [1.807, 2.05) is 12.1 Å². The third kappa shape index (κ3) is 2.64. The molecule has 0 spiro atoms. The molecule has 3 nitrogen and oxygen atoms in total. The van der Waals surface area contributed by atoms with E-state index in [9.17, 15) is 0 Å². The summed E-state index contributed by atoms with van der Waals surface area (Å²) in [7, 11) is 0. The molecule has 1 aromatic heterocycles. The topological polar surface area (TPSA) is 44.5 Å². The first-order valence-electron chi connectivity index (χ1n) is 6.56. The zero-order valence-electron chi connectivity index (χ0n) is 11.2. The molecular formula is C15H16ClNO2S. The Bertz CT molecular complexity index is 626. The molecule has 1 aliphatic heterocycles. The number of ether oxygens (including phenoxy) is 2. The van der Waals surface area contributed by atoms with Gasteiger partial charge in [0.05, 0.1) is 19.3 Å². The highest BCUT2D eigenvalue weighted by Crippen LogP contribution is 2.39. The minimum absolute atomic E-state index is 0.238. The molecule has 0 fully saturated rings. The van der Waals surface area contributed by atoms with Crippen molar-refractivity contribution >= 4 is 22.9 Å². The van der Waals surface area contributed by atoms with Crippen molar-refractivity contribution in [1.82, 2.24) is 0 Å². The second-order valence-corrected chi connectivity index (χ2v) is 6.52. The van der Waals surface area contributed by atoms with E-state index in [0.29, 0.717) is 24.0 Å². The molecule has 1 aromatic carbocycles. The quantitative estimate of drug-likeness (QED) is 0.914. The van der Waals surface area contributed by atoms with E-state index < -0.39 is 0 Å². The molecular weight excluding hydrogens is 294 g/mol. The molecule has 5 heteroatoms. The van der Waals surface area contributed by atoms with Crippen LogP contribution in [0.1, 0.15) is 27.8 Å². The largest absolute Gasteiger partial charge is 0.490 e. The number of fused-ring (bicyclic) bond motifs is 1. The Morgan fingerprint density at radius 2 is 1.90 bits per heavy atom. The minimum atomic E-state index is -0.238. The summed E-state index contributed by atoms with van der Waals surface area (Å²) >= 11 is 8.04. The van der Waals surface area contributed by atoms with E-state index in [-0.39, 0.29) is 6.04 Å². The van der Waals surface area contributed by atoms with Crippen LogP contribution >= 0.6 is 22.9 Å². The average Bonchev–Trinajstić information content (AvgIpc) is 2.73. The first-order chi connectivity index (χ1) is 9.65. The predicted octanol–water partition coefficient (Wildman–Crippen LogP) is 3.92. The summed E-state index contributed by atoms with van der Waals surface area (Å²) < 4.78 is 11.3. The summed E-state index contributed by atoms with van der Waals surface area (Å²) in [6.07, 6.45) is 0.873. The molecule has 0 aliphatic carbocycles. The summed E-state index contributed by atoms with van der Waals surface area (Å²) in [5, 5.41) is 0.618. The Hall–Kier alpha value is -1.23. The Labute approximate surface area is 127 Å².